The molecule has 12 atom stereocenters. The molecule has 2 heterocycles. The smallest absolute Gasteiger partial charge is 0.220 e. The van der Waals surface area contributed by atoms with E-state index in [2.05, 4.69) is 55.6 Å². The van der Waals surface area contributed by atoms with Gasteiger partial charge in [-0.1, -0.05) is 204 Å². The van der Waals surface area contributed by atoms with Crippen molar-refractivity contribution in [2.75, 3.05) is 19.8 Å². The molecule has 416 valence electrons. The zero-order valence-electron chi connectivity index (χ0n) is 44.5. The third-order valence-corrected chi connectivity index (χ3v) is 14.1. The van der Waals surface area contributed by atoms with Crippen molar-refractivity contribution < 1.29 is 64.6 Å². The third-order valence-electron chi connectivity index (χ3n) is 14.1. The lowest BCUT2D eigenvalue weighted by Crippen LogP contribution is -2.65. The van der Waals surface area contributed by atoms with Gasteiger partial charge in [-0.3, -0.25) is 4.79 Å². The molecule has 0 aromatic carbocycles. The summed E-state index contributed by atoms with van der Waals surface area (Å²) >= 11 is 0. The summed E-state index contributed by atoms with van der Waals surface area (Å²) in [5.41, 5.74) is 0. The number of aliphatic hydroxyl groups excluding tert-OH is 8. The molecule has 71 heavy (non-hydrogen) atoms. The van der Waals surface area contributed by atoms with E-state index in [9.17, 15) is 45.6 Å². The predicted molar refractivity (Wildman–Crippen MR) is 281 cm³/mol. The van der Waals surface area contributed by atoms with Gasteiger partial charge < -0.3 is 65.1 Å². The molecule has 14 heteroatoms. The first-order chi connectivity index (χ1) is 34.6. The Morgan fingerprint density at radius 2 is 0.930 bits per heavy atom. The lowest BCUT2D eigenvalue weighted by molar-refractivity contribution is -0.359. The third kappa shape index (κ3) is 29.8. The van der Waals surface area contributed by atoms with Gasteiger partial charge in [0.25, 0.3) is 0 Å². The molecule has 2 aliphatic heterocycles. The highest BCUT2D eigenvalue weighted by Gasteiger charge is 2.51. The van der Waals surface area contributed by atoms with Crippen molar-refractivity contribution in [2.24, 2.45) is 0 Å². The average Bonchev–Trinajstić information content (AvgIpc) is 3.37. The van der Waals surface area contributed by atoms with Crippen LogP contribution in [0.3, 0.4) is 0 Å². The van der Waals surface area contributed by atoms with Gasteiger partial charge >= 0.3 is 0 Å². The molecule has 0 saturated carbocycles. The molecule has 0 aromatic rings. The summed E-state index contributed by atoms with van der Waals surface area (Å²) in [5, 5.41) is 86.9. The fourth-order valence-electron chi connectivity index (χ4n) is 9.42. The van der Waals surface area contributed by atoms with E-state index >= 15 is 0 Å². The van der Waals surface area contributed by atoms with Gasteiger partial charge in [0.15, 0.2) is 12.6 Å². The van der Waals surface area contributed by atoms with Crippen LogP contribution in [0.25, 0.3) is 0 Å². The summed E-state index contributed by atoms with van der Waals surface area (Å²) in [6.45, 7) is 2.82. The summed E-state index contributed by atoms with van der Waals surface area (Å²) < 4.78 is 22.8. The van der Waals surface area contributed by atoms with Gasteiger partial charge in [-0.25, -0.2) is 0 Å². The van der Waals surface area contributed by atoms with Crippen LogP contribution in [0.1, 0.15) is 226 Å². The van der Waals surface area contributed by atoms with Crippen molar-refractivity contribution in [1.29, 1.82) is 0 Å². The lowest BCUT2D eigenvalue weighted by atomic mass is 9.97. The number of amides is 1. The second-order valence-electron chi connectivity index (χ2n) is 20.4. The van der Waals surface area contributed by atoms with E-state index in [0.29, 0.717) is 12.8 Å². The zero-order valence-corrected chi connectivity index (χ0v) is 44.5. The highest BCUT2D eigenvalue weighted by atomic mass is 16.7. The number of carbonyl (C=O) groups excluding carboxylic acids is 1. The van der Waals surface area contributed by atoms with Crippen LogP contribution in [0.2, 0.25) is 0 Å². The van der Waals surface area contributed by atoms with Crippen LogP contribution in [0, 0.1) is 0 Å². The predicted octanol–water partition coefficient (Wildman–Crippen LogP) is 9.05. The number of ether oxygens (including phenoxy) is 4. The fraction of sp³-hybridized carbons (Fsp3) is 0.877. The minimum Gasteiger partial charge on any atom is -0.394 e. The lowest BCUT2D eigenvalue weighted by Gasteiger charge is -2.46. The summed E-state index contributed by atoms with van der Waals surface area (Å²) in [7, 11) is 0. The van der Waals surface area contributed by atoms with Crippen molar-refractivity contribution >= 4 is 5.91 Å². The van der Waals surface area contributed by atoms with Crippen LogP contribution in [-0.2, 0) is 23.7 Å². The van der Waals surface area contributed by atoms with E-state index in [0.717, 1.165) is 64.2 Å². The van der Waals surface area contributed by atoms with E-state index in [1.165, 1.54) is 135 Å². The molecule has 2 fully saturated rings. The molecule has 14 nitrogen and oxygen atoms in total. The highest BCUT2D eigenvalue weighted by Crippen LogP contribution is 2.30. The van der Waals surface area contributed by atoms with Crippen LogP contribution < -0.4 is 5.32 Å². The Morgan fingerprint density at radius 1 is 0.507 bits per heavy atom. The van der Waals surface area contributed by atoms with E-state index in [4.69, 9.17) is 18.9 Å². The Morgan fingerprint density at radius 3 is 1.42 bits per heavy atom. The normalized spacial score (nSPS) is 26.0. The first kappa shape index (κ1) is 65.3. The molecule has 0 aliphatic carbocycles. The summed E-state index contributed by atoms with van der Waals surface area (Å²) in [6.07, 6.45) is 34.5. The van der Waals surface area contributed by atoms with Crippen molar-refractivity contribution in [3.63, 3.8) is 0 Å². The maximum absolute atomic E-state index is 13.2. The fourth-order valence-corrected chi connectivity index (χ4v) is 9.42. The molecule has 0 bridgehead atoms. The van der Waals surface area contributed by atoms with Crippen molar-refractivity contribution in [2.45, 2.75) is 299 Å². The maximum atomic E-state index is 13.2. The first-order valence-electron chi connectivity index (χ1n) is 28.7. The van der Waals surface area contributed by atoms with Crippen LogP contribution >= 0.6 is 0 Å². The molecule has 2 aliphatic rings. The van der Waals surface area contributed by atoms with E-state index in [1.807, 2.05) is 0 Å². The van der Waals surface area contributed by atoms with E-state index in [-0.39, 0.29) is 12.5 Å². The second-order valence-corrected chi connectivity index (χ2v) is 20.4. The summed E-state index contributed by atoms with van der Waals surface area (Å²) in [4.78, 5) is 13.2. The number of hydrogen-bond donors (Lipinski definition) is 9. The molecule has 2 rings (SSSR count). The van der Waals surface area contributed by atoms with Gasteiger partial charge in [0.2, 0.25) is 5.91 Å². The average molecular weight is 1010 g/mol. The van der Waals surface area contributed by atoms with Crippen molar-refractivity contribution in [3.05, 3.63) is 36.5 Å². The molecule has 1 amide bonds. The minimum atomic E-state index is -1.78. The molecular weight excluding hydrogens is 907 g/mol. The number of nitrogens with one attached hydrogen (secondary N) is 1. The van der Waals surface area contributed by atoms with Gasteiger partial charge in [-0.15, -0.1) is 0 Å². The SMILES string of the molecule is CCCCCCC/C=C\C/C=C\C/C=C\CCCCCCCCCCCCCCC(=O)NC(COC1OC(CO)C(OC2OC(CO)C(O)C(O)C2O)C(O)C1O)C(O)CCCCCCCCCCCC. The van der Waals surface area contributed by atoms with Gasteiger partial charge in [0.1, 0.15) is 48.8 Å². The van der Waals surface area contributed by atoms with Gasteiger partial charge in [-0.2, -0.15) is 0 Å². The Balaban J connectivity index is 1.68. The van der Waals surface area contributed by atoms with E-state index in [1.54, 1.807) is 0 Å². The van der Waals surface area contributed by atoms with E-state index < -0.39 is 86.8 Å². The van der Waals surface area contributed by atoms with Crippen molar-refractivity contribution in [1.82, 2.24) is 5.32 Å². The van der Waals surface area contributed by atoms with Gasteiger partial charge in [-0.05, 0) is 51.4 Å². The number of rotatable bonds is 45. The highest BCUT2D eigenvalue weighted by molar-refractivity contribution is 5.76. The Kier molecular flexibility index (Phi) is 40.0. The monoisotopic (exact) mass is 1010 g/mol. The Bertz CT molecular complexity index is 1330. The minimum absolute atomic E-state index is 0.210. The quantitative estimate of drug-likeness (QED) is 0.0205. The number of hydrogen-bond acceptors (Lipinski definition) is 13. The molecular formula is C57H105NO13. The molecule has 0 spiro atoms. The van der Waals surface area contributed by atoms with Gasteiger partial charge in [0, 0.05) is 6.42 Å². The second kappa shape index (κ2) is 43.4. The van der Waals surface area contributed by atoms with Crippen LogP contribution in [-0.4, -0.2) is 140 Å². The Hall–Kier alpha value is -1.79. The maximum Gasteiger partial charge on any atom is 0.220 e. The molecule has 9 N–H and O–H groups in total. The molecule has 2 saturated heterocycles. The number of aliphatic hydroxyl groups is 8. The van der Waals surface area contributed by atoms with Crippen LogP contribution in [0.15, 0.2) is 36.5 Å². The van der Waals surface area contributed by atoms with Gasteiger partial charge in [0.05, 0.1) is 32.0 Å². The standard InChI is InChI=1S/C57H105NO13/c1-3-5-7-9-11-13-15-16-17-18-19-20-21-22-23-24-25-26-27-28-29-30-31-33-35-37-39-41-49(62)58-45(46(61)40-38-36-34-32-14-12-10-8-6-4-2)44-68-56-54(67)52(65)55(48(43-60)70-56)71-57-53(66)51(64)50(63)47(42-59)69-57/h15-16,18-19,21-22,45-48,50-57,59-61,63-67H,3-14,17,20,23-44H2,1-2H3,(H,58,62)/b16-15-,19-18-,22-21-. The number of unbranched alkanes of at least 4 members (excludes halogenated alkanes) is 26. The molecule has 12 unspecified atom stereocenters. The summed E-state index contributed by atoms with van der Waals surface area (Å²) in [5.74, 6) is -0.210. The Labute approximate surface area is 430 Å². The van der Waals surface area contributed by atoms with Crippen molar-refractivity contribution in [3.8, 4) is 0 Å². The number of allylic oxidation sites excluding steroid dienone is 6. The van der Waals surface area contributed by atoms with Crippen LogP contribution in [0.4, 0.5) is 0 Å². The first-order valence-corrected chi connectivity index (χ1v) is 28.7. The topological polar surface area (TPSA) is 228 Å². The molecule has 0 aromatic heterocycles. The van der Waals surface area contributed by atoms with Crippen LogP contribution in [0.5, 0.6) is 0 Å². The largest absolute Gasteiger partial charge is 0.394 e. The molecule has 0 radical (unpaired) electrons. The summed E-state index contributed by atoms with van der Waals surface area (Å²) in [6, 6.07) is -0.828. The number of carbonyl (C=O) groups is 1. The zero-order chi connectivity index (χ0) is 51.7.